The molecule has 0 aromatic heterocycles. The third-order valence-corrected chi connectivity index (χ3v) is 3.06. The maximum Gasteiger partial charge on any atom is 0.410 e. The van der Waals surface area contributed by atoms with Crippen LogP contribution in [-0.2, 0) is 4.74 Å². The number of halogens is 1. The van der Waals surface area contributed by atoms with Gasteiger partial charge in [-0.2, -0.15) is 0 Å². The van der Waals surface area contributed by atoms with Crippen molar-refractivity contribution in [2.24, 2.45) is 0 Å². The third-order valence-electron chi connectivity index (χ3n) is 2.72. The van der Waals surface area contributed by atoms with E-state index in [0.29, 0.717) is 11.6 Å². The Labute approximate surface area is 100.0 Å². The molecule has 0 radical (unpaired) electrons. The lowest BCUT2D eigenvalue weighted by molar-refractivity contribution is 0.130. The van der Waals surface area contributed by atoms with Crippen LogP contribution >= 0.6 is 11.6 Å². The van der Waals surface area contributed by atoms with Crippen LogP contribution in [-0.4, -0.2) is 23.6 Å². The molecule has 0 aliphatic carbocycles. The molecule has 16 heavy (non-hydrogen) atoms. The van der Waals surface area contributed by atoms with E-state index in [1.54, 1.807) is 4.90 Å². The molecule has 1 aromatic rings. The van der Waals surface area contributed by atoms with E-state index in [-0.39, 0.29) is 18.2 Å². The van der Waals surface area contributed by atoms with Crippen LogP contribution < -0.4 is 0 Å². The van der Waals surface area contributed by atoms with Gasteiger partial charge in [0, 0.05) is 16.6 Å². The molecule has 2 rings (SSSR count). The number of nitrogens with zero attached hydrogens (tertiary/aromatic N) is 1. The molecule has 1 aliphatic heterocycles. The lowest BCUT2D eigenvalue weighted by atomic mass is 10.1. The number of rotatable bonds is 2. The fourth-order valence-electron chi connectivity index (χ4n) is 1.80. The summed E-state index contributed by atoms with van der Waals surface area (Å²) in [6, 6.07) is 7.61. The highest BCUT2D eigenvalue weighted by molar-refractivity contribution is 6.31. The van der Waals surface area contributed by atoms with Crippen molar-refractivity contribution in [2.75, 3.05) is 6.54 Å². The van der Waals surface area contributed by atoms with Crippen molar-refractivity contribution in [1.82, 2.24) is 4.90 Å². The van der Waals surface area contributed by atoms with E-state index in [2.05, 4.69) is 0 Å². The van der Waals surface area contributed by atoms with Gasteiger partial charge < -0.3 is 9.64 Å². The predicted molar refractivity (Wildman–Crippen MR) is 62.5 cm³/mol. The summed E-state index contributed by atoms with van der Waals surface area (Å²) < 4.78 is 5.30. The zero-order valence-corrected chi connectivity index (χ0v) is 10.1. The number of amides is 1. The fraction of sp³-hybridized carbons (Fsp3) is 0.417. The molecule has 1 atom stereocenters. The average Bonchev–Trinajstić information content (AvgIpc) is 2.61. The van der Waals surface area contributed by atoms with E-state index in [0.717, 1.165) is 5.56 Å². The van der Waals surface area contributed by atoms with Gasteiger partial charge in [0.2, 0.25) is 0 Å². The molecule has 1 saturated heterocycles. The quantitative estimate of drug-likeness (QED) is 0.793. The highest BCUT2D eigenvalue weighted by Crippen LogP contribution is 2.31. The second kappa shape index (κ2) is 4.34. The van der Waals surface area contributed by atoms with Crippen LogP contribution in [0.3, 0.4) is 0 Å². The Morgan fingerprint density at radius 1 is 1.44 bits per heavy atom. The first-order valence-corrected chi connectivity index (χ1v) is 5.69. The van der Waals surface area contributed by atoms with E-state index >= 15 is 0 Å². The van der Waals surface area contributed by atoms with Crippen molar-refractivity contribution in [1.29, 1.82) is 0 Å². The Kier molecular flexibility index (Phi) is 3.06. The smallest absolute Gasteiger partial charge is 0.410 e. The molecule has 0 N–H and O–H groups in total. The Morgan fingerprint density at radius 2 is 2.12 bits per heavy atom. The fourth-order valence-corrected chi connectivity index (χ4v) is 2.06. The SMILES string of the molecule is CC(C)N1CC(c2ccccc2Cl)OC1=O. The van der Waals surface area contributed by atoms with Gasteiger partial charge in [-0.1, -0.05) is 29.8 Å². The lowest BCUT2D eigenvalue weighted by Crippen LogP contribution is -2.31. The Morgan fingerprint density at radius 3 is 2.69 bits per heavy atom. The molecule has 1 aromatic carbocycles. The van der Waals surface area contributed by atoms with Gasteiger partial charge in [0.15, 0.2) is 0 Å². The minimum absolute atomic E-state index is 0.153. The monoisotopic (exact) mass is 239 g/mol. The van der Waals surface area contributed by atoms with Crippen molar-refractivity contribution in [3.05, 3.63) is 34.9 Å². The van der Waals surface area contributed by atoms with Gasteiger partial charge >= 0.3 is 6.09 Å². The molecule has 86 valence electrons. The normalized spacial score (nSPS) is 20.4. The van der Waals surface area contributed by atoms with Gasteiger partial charge in [0.05, 0.1) is 6.54 Å². The molecule has 1 fully saturated rings. The van der Waals surface area contributed by atoms with Crippen LogP contribution in [0.25, 0.3) is 0 Å². The van der Waals surface area contributed by atoms with E-state index in [1.807, 2.05) is 38.1 Å². The van der Waals surface area contributed by atoms with Crippen molar-refractivity contribution in [2.45, 2.75) is 26.0 Å². The van der Waals surface area contributed by atoms with Crippen molar-refractivity contribution in [3.8, 4) is 0 Å². The van der Waals surface area contributed by atoms with Crippen LogP contribution in [0.15, 0.2) is 24.3 Å². The molecular weight excluding hydrogens is 226 g/mol. The predicted octanol–water partition coefficient (Wildman–Crippen LogP) is 3.24. The summed E-state index contributed by atoms with van der Waals surface area (Å²) in [7, 11) is 0. The highest BCUT2D eigenvalue weighted by Gasteiger charge is 2.34. The second-order valence-corrected chi connectivity index (χ2v) is 4.55. The maximum atomic E-state index is 11.6. The lowest BCUT2D eigenvalue weighted by Gasteiger charge is -2.17. The molecule has 0 spiro atoms. The molecule has 1 unspecified atom stereocenters. The Balaban J connectivity index is 2.20. The van der Waals surface area contributed by atoms with Crippen molar-refractivity contribution >= 4 is 17.7 Å². The van der Waals surface area contributed by atoms with Gasteiger partial charge in [-0.15, -0.1) is 0 Å². The summed E-state index contributed by atoms with van der Waals surface area (Å²) in [5, 5.41) is 0.644. The standard InChI is InChI=1S/C12H14ClNO2/c1-8(2)14-7-11(16-12(14)15)9-5-3-4-6-10(9)13/h3-6,8,11H,7H2,1-2H3. The number of hydrogen-bond acceptors (Lipinski definition) is 2. The first kappa shape index (κ1) is 11.3. The Bertz CT molecular complexity index is 406. The zero-order chi connectivity index (χ0) is 11.7. The van der Waals surface area contributed by atoms with Gasteiger partial charge in [-0.05, 0) is 19.9 Å². The number of ether oxygens (including phenoxy) is 1. The summed E-state index contributed by atoms with van der Waals surface area (Å²) in [6.45, 7) is 4.51. The van der Waals surface area contributed by atoms with E-state index in [4.69, 9.17) is 16.3 Å². The molecular formula is C12H14ClNO2. The second-order valence-electron chi connectivity index (χ2n) is 4.14. The van der Waals surface area contributed by atoms with Gasteiger partial charge in [0.1, 0.15) is 6.10 Å². The third kappa shape index (κ3) is 2.00. The number of carbonyl (C=O) groups is 1. The highest BCUT2D eigenvalue weighted by atomic mass is 35.5. The minimum atomic E-state index is -0.264. The van der Waals surface area contributed by atoms with E-state index < -0.39 is 0 Å². The zero-order valence-electron chi connectivity index (χ0n) is 9.31. The molecule has 0 bridgehead atoms. The number of carbonyl (C=O) groups excluding carboxylic acids is 1. The minimum Gasteiger partial charge on any atom is -0.439 e. The topological polar surface area (TPSA) is 29.5 Å². The largest absolute Gasteiger partial charge is 0.439 e. The number of benzene rings is 1. The summed E-state index contributed by atoms with van der Waals surface area (Å²) >= 11 is 6.07. The van der Waals surface area contributed by atoms with E-state index in [9.17, 15) is 4.79 Å². The molecule has 3 nitrogen and oxygen atoms in total. The van der Waals surface area contributed by atoms with Crippen molar-refractivity contribution in [3.63, 3.8) is 0 Å². The summed E-state index contributed by atoms with van der Waals surface area (Å²) in [5.74, 6) is 0. The first-order valence-electron chi connectivity index (χ1n) is 5.31. The number of cyclic esters (lactones) is 1. The molecule has 1 aliphatic rings. The van der Waals surface area contributed by atoms with Gasteiger partial charge in [0.25, 0.3) is 0 Å². The van der Waals surface area contributed by atoms with Crippen LogP contribution in [0.5, 0.6) is 0 Å². The van der Waals surface area contributed by atoms with Crippen LogP contribution in [0.1, 0.15) is 25.5 Å². The first-order chi connectivity index (χ1) is 7.59. The van der Waals surface area contributed by atoms with Crippen LogP contribution in [0.2, 0.25) is 5.02 Å². The average molecular weight is 240 g/mol. The van der Waals surface area contributed by atoms with Gasteiger partial charge in [-0.25, -0.2) is 4.79 Å². The Hall–Kier alpha value is -1.22. The van der Waals surface area contributed by atoms with Crippen molar-refractivity contribution < 1.29 is 9.53 Å². The molecule has 4 heteroatoms. The maximum absolute atomic E-state index is 11.6. The van der Waals surface area contributed by atoms with Gasteiger partial charge in [-0.3, -0.25) is 0 Å². The summed E-state index contributed by atoms with van der Waals surface area (Å²) in [4.78, 5) is 13.3. The van der Waals surface area contributed by atoms with E-state index in [1.165, 1.54) is 0 Å². The van der Waals surface area contributed by atoms with Crippen LogP contribution in [0.4, 0.5) is 4.79 Å². The number of hydrogen-bond donors (Lipinski definition) is 0. The molecule has 1 amide bonds. The van der Waals surface area contributed by atoms with Crippen LogP contribution in [0, 0.1) is 0 Å². The molecule has 1 heterocycles. The summed E-state index contributed by atoms with van der Waals surface area (Å²) in [6.07, 6.45) is -0.511. The molecule has 0 saturated carbocycles. The summed E-state index contributed by atoms with van der Waals surface area (Å²) in [5.41, 5.74) is 0.876.